The highest BCUT2D eigenvalue weighted by molar-refractivity contribution is 5.77. The van der Waals surface area contributed by atoms with Gasteiger partial charge in [-0.2, -0.15) is 0 Å². The highest BCUT2D eigenvalue weighted by Crippen LogP contribution is 2.29. The molecule has 0 spiro atoms. The minimum absolute atomic E-state index is 0.0677. The second kappa shape index (κ2) is 17.7. The molecule has 0 aromatic carbocycles. The predicted octanol–water partition coefficient (Wildman–Crippen LogP) is 5.41. The van der Waals surface area contributed by atoms with Gasteiger partial charge in [0, 0.05) is 13.2 Å². The lowest BCUT2D eigenvalue weighted by Crippen LogP contribution is -2.42. The maximum Gasteiger partial charge on any atom is 0.335 e. The minimum Gasteiger partial charge on any atom is -0.481 e. The van der Waals surface area contributed by atoms with Crippen molar-refractivity contribution in [1.82, 2.24) is 0 Å². The summed E-state index contributed by atoms with van der Waals surface area (Å²) in [6.45, 7) is 4.61. The number of hydrogen-bond donors (Lipinski definition) is 3. The van der Waals surface area contributed by atoms with Gasteiger partial charge in [0.2, 0.25) is 0 Å². The fourth-order valence-electron chi connectivity index (χ4n) is 3.71. The predicted molar refractivity (Wildman–Crippen MR) is 115 cm³/mol. The largest absolute Gasteiger partial charge is 0.481 e. The van der Waals surface area contributed by atoms with Gasteiger partial charge in [-0.3, -0.25) is 4.79 Å². The molecule has 0 saturated carbocycles. The Bertz CT molecular complexity index is 412. The molecule has 0 aliphatic heterocycles. The van der Waals surface area contributed by atoms with E-state index in [1.807, 2.05) is 0 Å². The van der Waals surface area contributed by atoms with Crippen LogP contribution in [0.1, 0.15) is 110 Å². The van der Waals surface area contributed by atoms with Crippen LogP contribution >= 0.6 is 0 Å². The molecule has 172 valence electrons. The number of aliphatic hydroxyl groups excluding tert-OH is 1. The van der Waals surface area contributed by atoms with Crippen LogP contribution in [0.15, 0.2) is 0 Å². The zero-order valence-electron chi connectivity index (χ0n) is 18.7. The van der Waals surface area contributed by atoms with Gasteiger partial charge in [-0.25, -0.2) is 4.79 Å². The molecule has 0 aromatic rings. The van der Waals surface area contributed by atoms with E-state index in [0.717, 1.165) is 51.4 Å². The molecule has 29 heavy (non-hydrogen) atoms. The van der Waals surface area contributed by atoms with Crippen molar-refractivity contribution in [1.29, 1.82) is 0 Å². The Kier molecular flexibility index (Phi) is 17.0. The molecule has 6 heteroatoms. The molecule has 3 N–H and O–H groups in total. The Morgan fingerprint density at radius 1 is 0.793 bits per heavy atom. The number of carboxylic acid groups (broad SMARTS) is 2. The van der Waals surface area contributed by atoms with E-state index in [1.165, 1.54) is 0 Å². The smallest absolute Gasteiger partial charge is 0.335 e. The Labute approximate surface area is 177 Å². The monoisotopic (exact) mass is 416 g/mol. The molecular formula is C23H44O6. The van der Waals surface area contributed by atoms with Crippen molar-refractivity contribution in [3.05, 3.63) is 0 Å². The van der Waals surface area contributed by atoms with E-state index in [1.54, 1.807) is 0 Å². The summed E-state index contributed by atoms with van der Waals surface area (Å²) in [6.07, 6.45) is 11.8. The van der Waals surface area contributed by atoms with Crippen LogP contribution in [-0.4, -0.2) is 46.1 Å². The van der Waals surface area contributed by atoms with Crippen molar-refractivity contribution in [3.8, 4) is 0 Å². The van der Waals surface area contributed by atoms with Crippen LogP contribution in [-0.2, 0) is 14.3 Å². The first-order chi connectivity index (χ1) is 13.9. The maximum absolute atomic E-state index is 12.1. The first-order valence-corrected chi connectivity index (χ1v) is 11.6. The Balaban J connectivity index is 4.81. The third kappa shape index (κ3) is 12.9. The Hall–Kier alpha value is -1.14. The number of rotatable bonds is 21. The van der Waals surface area contributed by atoms with Crippen molar-refractivity contribution in [2.75, 3.05) is 13.2 Å². The minimum atomic E-state index is -1.24. The lowest BCUT2D eigenvalue weighted by atomic mass is 9.87. The number of aliphatic carboxylic acids is 2. The molecule has 2 atom stereocenters. The fraction of sp³-hybridized carbons (Fsp3) is 0.913. The average molecular weight is 417 g/mol. The molecule has 0 aliphatic rings. The molecule has 0 amide bonds. The van der Waals surface area contributed by atoms with Crippen LogP contribution in [0.5, 0.6) is 0 Å². The Morgan fingerprint density at radius 3 is 1.93 bits per heavy atom. The first kappa shape index (κ1) is 27.9. The number of carbonyl (C=O) groups is 2. The second-order valence-corrected chi connectivity index (χ2v) is 8.17. The maximum atomic E-state index is 12.1. The molecular weight excluding hydrogens is 372 g/mol. The van der Waals surface area contributed by atoms with Crippen molar-refractivity contribution < 1.29 is 29.6 Å². The summed E-state index contributed by atoms with van der Waals surface area (Å²) in [5, 5.41) is 28.4. The van der Waals surface area contributed by atoms with E-state index in [-0.39, 0.29) is 6.61 Å². The molecule has 0 heterocycles. The summed E-state index contributed by atoms with van der Waals surface area (Å²) in [5.74, 6) is -2.14. The van der Waals surface area contributed by atoms with Gasteiger partial charge in [-0.1, -0.05) is 58.8 Å². The molecule has 0 rings (SSSR count). The molecule has 0 radical (unpaired) electrons. The van der Waals surface area contributed by atoms with Gasteiger partial charge in [-0.15, -0.1) is 0 Å². The van der Waals surface area contributed by atoms with Gasteiger partial charge in [0.25, 0.3) is 0 Å². The van der Waals surface area contributed by atoms with E-state index in [0.29, 0.717) is 51.6 Å². The number of ether oxygens (including phenoxy) is 1. The van der Waals surface area contributed by atoms with Gasteiger partial charge in [0.15, 0.2) is 5.60 Å². The molecule has 0 fully saturated rings. The molecule has 2 unspecified atom stereocenters. The standard InChI is InChI=1S/C23H44O6/c1-3-5-7-9-14-20(21(25)26)15-13-17-23(22(27)28,16-10-8-6-4-2)29-19-12-11-18-24/h20,24H,3-19H2,1-2H3,(H,25,26)(H,27,28). The van der Waals surface area contributed by atoms with Crippen molar-refractivity contribution in [2.45, 2.75) is 116 Å². The van der Waals surface area contributed by atoms with Crippen LogP contribution in [0.4, 0.5) is 0 Å². The quantitative estimate of drug-likeness (QED) is 0.216. The SMILES string of the molecule is CCCCCCC(CCCC(CCCCCC)(OCCCCO)C(=O)O)C(=O)O. The third-order valence-electron chi connectivity index (χ3n) is 5.64. The highest BCUT2D eigenvalue weighted by Gasteiger charge is 2.38. The number of carboxylic acids is 2. The van der Waals surface area contributed by atoms with Crippen LogP contribution in [0.3, 0.4) is 0 Å². The lowest BCUT2D eigenvalue weighted by molar-refractivity contribution is -0.169. The van der Waals surface area contributed by atoms with Crippen molar-refractivity contribution >= 4 is 11.9 Å². The summed E-state index contributed by atoms with van der Waals surface area (Å²) in [5.41, 5.74) is -1.24. The van der Waals surface area contributed by atoms with Crippen molar-refractivity contribution in [2.24, 2.45) is 5.92 Å². The summed E-state index contributed by atoms with van der Waals surface area (Å²) >= 11 is 0. The van der Waals surface area contributed by atoms with Crippen LogP contribution in [0.2, 0.25) is 0 Å². The van der Waals surface area contributed by atoms with E-state index in [4.69, 9.17) is 9.84 Å². The highest BCUT2D eigenvalue weighted by atomic mass is 16.5. The van der Waals surface area contributed by atoms with Crippen LogP contribution in [0, 0.1) is 5.92 Å². The second-order valence-electron chi connectivity index (χ2n) is 8.17. The zero-order valence-corrected chi connectivity index (χ0v) is 18.7. The summed E-state index contributed by atoms with van der Waals surface area (Å²) in [6, 6.07) is 0. The summed E-state index contributed by atoms with van der Waals surface area (Å²) in [4.78, 5) is 23.7. The van der Waals surface area contributed by atoms with E-state index in [2.05, 4.69) is 13.8 Å². The van der Waals surface area contributed by atoms with Crippen LogP contribution in [0.25, 0.3) is 0 Å². The van der Waals surface area contributed by atoms with Gasteiger partial charge < -0.3 is 20.1 Å². The number of hydrogen-bond acceptors (Lipinski definition) is 4. The third-order valence-corrected chi connectivity index (χ3v) is 5.64. The lowest BCUT2D eigenvalue weighted by Gasteiger charge is -2.30. The van der Waals surface area contributed by atoms with Crippen LogP contribution < -0.4 is 0 Å². The fourth-order valence-corrected chi connectivity index (χ4v) is 3.71. The molecule has 6 nitrogen and oxygen atoms in total. The summed E-state index contributed by atoms with van der Waals surface area (Å²) in [7, 11) is 0. The van der Waals surface area contributed by atoms with Gasteiger partial charge in [-0.05, 0) is 51.4 Å². The number of aliphatic hydroxyl groups is 1. The Morgan fingerprint density at radius 2 is 1.38 bits per heavy atom. The summed E-state index contributed by atoms with van der Waals surface area (Å²) < 4.78 is 5.87. The van der Waals surface area contributed by atoms with Gasteiger partial charge in [0.1, 0.15) is 0 Å². The molecule has 0 aromatic heterocycles. The first-order valence-electron chi connectivity index (χ1n) is 11.6. The average Bonchev–Trinajstić information content (AvgIpc) is 2.69. The van der Waals surface area contributed by atoms with E-state index in [9.17, 15) is 19.8 Å². The van der Waals surface area contributed by atoms with Gasteiger partial charge >= 0.3 is 11.9 Å². The number of unbranched alkanes of at least 4 members (excludes halogenated alkanes) is 7. The van der Waals surface area contributed by atoms with Crippen molar-refractivity contribution in [3.63, 3.8) is 0 Å². The molecule has 0 bridgehead atoms. The van der Waals surface area contributed by atoms with Gasteiger partial charge in [0.05, 0.1) is 5.92 Å². The van der Waals surface area contributed by atoms with E-state index < -0.39 is 23.5 Å². The topological polar surface area (TPSA) is 104 Å². The normalized spacial score (nSPS) is 14.4. The zero-order chi connectivity index (χ0) is 22.0. The van der Waals surface area contributed by atoms with E-state index >= 15 is 0 Å². The molecule has 0 aliphatic carbocycles. The molecule has 0 saturated heterocycles.